The van der Waals surface area contributed by atoms with Crippen LogP contribution in [0.15, 0.2) is 24.3 Å². The molecule has 0 radical (unpaired) electrons. The van der Waals surface area contributed by atoms with Gasteiger partial charge in [0, 0.05) is 6.92 Å². The van der Waals surface area contributed by atoms with Crippen LogP contribution in [0.4, 0.5) is 5.69 Å². The third kappa shape index (κ3) is 4.57. The van der Waals surface area contributed by atoms with Crippen LogP contribution in [0.5, 0.6) is 0 Å². The average molecular weight is 249 g/mol. The van der Waals surface area contributed by atoms with Gasteiger partial charge in [-0.2, -0.15) is 0 Å². The monoisotopic (exact) mass is 249 g/mol. The highest BCUT2D eigenvalue weighted by molar-refractivity contribution is 6.00. The summed E-state index contributed by atoms with van der Waals surface area (Å²) in [6.07, 6.45) is 0.827. The van der Waals surface area contributed by atoms with Crippen LogP contribution >= 0.6 is 0 Å². The largest absolute Gasteiger partial charge is 0.462 e. The third-order valence-electron chi connectivity index (χ3n) is 2.39. The van der Waals surface area contributed by atoms with E-state index < -0.39 is 5.97 Å². The van der Waals surface area contributed by atoms with E-state index in [-0.39, 0.29) is 5.91 Å². The summed E-state index contributed by atoms with van der Waals surface area (Å²) in [7, 11) is 0. The fourth-order valence-electron chi connectivity index (χ4n) is 1.42. The summed E-state index contributed by atoms with van der Waals surface area (Å²) in [6, 6.07) is 6.82. The lowest BCUT2D eigenvalue weighted by Crippen LogP contribution is -2.13. The number of para-hydroxylation sites is 1. The van der Waals surface area contributed by atoms with Crippen molar-refractivity contribution in [3.8, 4) is 0 Å². The SMILES string of the molecule is CC(=O)Nc1ccccc1C(=O)OCCC(C)C. The Bertz CT molecular complexity index is 427. The fourth-order valence-corrected chi connectivity index (χ4v) is 1.42. The highest BCUT2D eigenvalue weighted by Gasteiger charge is 2.13. The molecule has 0 atom stereocenters. The second-order valence-electron chi connectivity index (χ2n) is 4.55. The molecule has 98 valence electrons. The molecule has 1 aromatic carbocycles. The van der Waals surface area contributed by atoms with Crippen LogP contribution in [0.25, 0.3) is 0 Å². The van der Waals surface area contributed by atoms with Gasteiger partial charge in [-0.1, -0.05) is 26.0 Å². The van der Waals surface area contributed by atoms with Crippen LogP contribution in [0.2, 0.25) is 0 Å². The number of hydrogen-bond donors (Lipinski definition) is 1. The Labute approximate surface area is 107 Å². The average Bonchev–Trinajstić information content (AvgIpc) is 2.28. The molecule has 0 saturated carbocycles. The standard InChI is InChI=1S/C14H19NO3/c1-10(2)8-9-18-14(17)12-6-4-5-7-13(12)15-11(3)16/h4-7,10H,8-9H2,1-3H3,(H,15,16). The van der Waals surface area contributed by atoms with Gasteiger partial charge >= 0.3 is 5.97 Å². The zero-order chi connectivity index (χ0) is 13.5. The molecule has 1 N–H and O–H groups in total. The molecular formula is C14H19NO3. The minimum absolute atomic E-state index is 0.211. The normalized spacial score (nSPS) is 10.2. The van der Waals surface area contributed by atoms with Gasteiger partial charge < -0.3 is 10.1 Å². The molecule has 0 aliphatic heterocycles. The van der Waals surface area contributed by atoms with Crippen molar-refractivity contribution in [1.82, 2.24) is 0 Å². The minimum atomic E-state index is -0.403. The quantitative estimate of drug-likeness (QED) is 0.816. The van der Waals surface area contributed by atoms with Crippen molar-refractivity contribution in [1.29, 1.82) is 0 Å². The molecule has 1 aromatic rings. The number of carbonyl (C=O) groups is 2. The second-order valence-corrected chi connectivity index (χ2v) is 4.55. The Balaban J connectivity index is 2.69. The van der Waals surface area contributed by atoms with Gasteiger partial charge in [0.25, 0.3) is 0 Å². The predicted octanol–water partition coefficient (Wildman–Crippen LogP) is 2.85. The Kier molecular flexibility index (Phi) is 5.36. The molecule has 0 aliphatic rings. The van der Waals surface area contributed by atoms with Crippen molar-refractivity contribution in [2.24, 2.45) is 5.92 Å². The van der Waals surface area contributed by atoms with Gasteiger partial charge in [-0.3, -0.25) is 4.79 Å². The smallest absolute Gasteiger partial charge is 0.340 e. The maximum Gasteiger partial charge on any atom is 0.340 e. The van der Waals surface area contributed by atoms with Crippen LogP contribution in [0.3, 0.4) is 0 Å². The molecule has 4 nitrogen and oxygen atoms in total. The number of amides is 1. The van der Waals surface area contributed by atoms with E-state index in [1.54, 1.807) is 24.3 Å². The number of nitrogens with one attached hydrogen (secondary N) is 1. The van der Waals surface area contributed by atoms with Gasteiger partial charge in [0.2, 0.25) is 5.91 Å². The molecule has 0 fully saturated rings. The summed E-state index contributed by atoms with van der Waals surface area (Å²) in [4.78, 5) is 22.9. The van der Waals surface area contributed by atoms with E-state index in [4.69, 9.17) is 4.74 Å². The third-order valence-corrected chi connectivity index (χ3v) is 2.39. The summed E-state index contributed by atoms with van der Waals surface area (Å²) >= 11 is 0. The van der Waals surface area contributed by atoms with E-state index in [9.17, 15) is 9.59 Å². The summed E-state index contributed by atoms with van der Waals surface area (Å²) in [6.45, 7) is 5.93. The number of hydrogen-bond acceptors (Lipinski definition) is 3. The lowest BCUT2D eigenvalue weighted by Gasteiger charge is -2.10. The van der Waals surface area contributed by atoms with E-state index in [0.717, 1.165) is 6.42 Å². The van der Waals surface area contributed by atoms with Gasteiger partial charge in [0.1, 0.15) is 0 Å². The lowest BCUT2D eigenvalue weighted by molar-refractivity contribution is -0.114. The predicted molar refractivity (Wildman–Crippen MR) is 70.5 cm³/mol. The van der Waals surface area contributed by atoms with E-state index >= 15 is 0 Å². The maximum absolute atomic E-state index is 11.9. The van der Waals surface area contributed by atoms with Crippen LogP contribution in [0.1, 0.15) is 37.6 Å². The van der Waals surface area contributed by atoms with Crippen LogP contribution in [0, 0.1) is 5.92 Å². The molecular weight excluding hydrogens is 230 g/mol. The van der Waals surface area contributed by atoms with Crippen molar-refractivity contribution in [3.63, 3.8) is 0 Å². The Morgan fingerprint density at radius 3 is 2.56 bits per heavy atom. The van der Waals surface area contributed by atoms with Crippen LogP contribution < -0.4 is 5.32 Å². The van der Waals surface area contributed by atoms with Crippen LogP contribution in [-0.4, -0.2) is 18.5 Å². The zero-order valence-electron chi connectivity index (χ0n) is 11.0. The minimum Gasteiger partial charge on any atom is -0.462 e. The molecule has 0 saturated heterocycles. The molecule has 0 heterocycles. The summed E-state index contributed by atoms with van der Waals surface area (Å²) < 4.78 is 5.17. The molecule has 1 rings (SSSR count). The first kappa shape index (κ1) is 14.2. The maximum atomic E-state index is 11.9. The van der Waals surface area contributed by atoms with Crippen molar-refractivity contribution >= 4 is 17.6 Å². The molecule has 1 amide bonds. The summed E-state index contributed by atoms with van der Waals surface area (Å²) in [5, 5.41) is 2.61. The molecule has 0 bridgehead atoms. The molecule has 0 unspecified atom stereocenters. The van der Waals surface area contributed by atoms with Crippen molar-refractivity contribution in [2.45, 2.75) is 27.2 Å². The second kappa shape index (κ2) is 6.79. The first-order valence-electron chi connectivity index (χ1n) is 6.04. The fraction of sp³-hybridized carbons (Fsp3) is 0.429. The highest BCUT2D eigenvalue weighted by atomic mass is 16.5. The number of rotatable bonds is 5. The van der Waals surface area contributed by atoms with Crippen molar-refractivity contribution in [3.05, 3.63) is 29.8 Å². The summed E-state index contributed by atoms with van der Waals surface area (Å²) in [5.74, 6) is -0.124. The molecule has 18 heavy (non-hydrogen) atoms. The lowest BCUT2D eigenvalue weighted by atomic mass is 10.1. The van der Waals surface area contributed by atoms with E-state index in [1.807, 2.05) is 0 Å². The Morgan fingerprint density at radius 1 is 1.28 bits per heavy atom. The number of benzene rings is 1. The van der Waals surface area contributed by atoms with E-state index in [1.165, 1.54) is 6.92 Å². The first-order chi connectivity index (χ1) is 8.50. The Hall–Kier alpha value is -1.84. The number of anilines is 1. The van der Waals surface area contributed by atoms with Gasteiger partial charge in [-0.05, 0) is 24.5 Å². The number of esters is 1. The molecule has 0 spiro atoms. The van der Waals surface area contributed by atoms with E-state index in [0.29, 0.717) is 23.8 Å². The Morgan fingerprint density at radius 2 is 1.94 bits per heavy atom. The van der Waals surface area contributed by atoms with Crippen molar-refractivity contribution < 1.29 is 14.3 Å². The first-order valence-corrected chi connectivity index (χ1v) is 6.04. The number of ether oxygens (including phenoxy) is 1. The molecule has 0 aromatic heterocycles. The molecule has 4 heteroatoms. The van der Waals surface area contributed by atoms with Crippen molar-refractivity contribution in [2.75, 3.05) is 11.9 Å². The van der Waals surface area contributed by atoms with Gasteiger partial charge in [-0.15, -0.1) is 0 Å². The molecule has 0 aliphatic carbocycles. The zero-order valence-corrected chi connectivity index (χ0v) is 11.0. The van der Waals surface area contributed by atoms with Crippen LogP contribution in [-0.2, 0) is 9.53 Å². The van der Waals surface area contributed by atoms with Gasteiger partial charge in [0.05, 0.1) is 17.9 Å². The summed E-state index contributed by atoms with van der Waals surface area (Å²) in [5.41, 5.74) is 0.871. The van der Waals surface area contributed by atoms with Gasteiger partial charge in [0.15, 0.2) is 0 Å². The number of carbonyl (C=O) groups excluding carboxylic acids is 2. The van der Waals surface area contributed by atoms with Gasteiger partial charge in [-0.25, -0.2) is 4.79 Å². The van der Waals surface area contributed by atoms with E-state index in [2.05, 4.69) is 19.2 Å². The highest BCUT2D eigenvalue weighted by Crippen LogP contribution is 2.16. The topological polar surface area (TPSA) is 55.4 Å².